The minimum absolute atomic E-state index is 0.227. The van der Waals surface area contributed by atoms with Gasteiger partial charge in [0.2, 0.25) is 0 Å². The van der Waals surface area contributed by atoms with Gasteiger partial charge in [0.05, 0.1) is 12.2 Å². The molecule has 0 aromatic carbocycles. The van der Waals surface area contributed by atoms with E-state index in [0.717, 1.165) is 12.8 Å². The first kappa shape index (κ1) is 12.2. The van der Waals surface area contributed by atoms with E-state index in [-0.39, 0.29) is 6.10 Å². The Labute approximate surface area is 88.0 Å². The number of nitrogens with two attached hydrogens (primary N) is 1. The summed E-state index contributed by atoms with van der Waals surface area (Å²) in [5, 5.41) is 0.293. The van der Waals surface area contributed by atoms with Crippen molar-refractivity contribution in [3.05, 3.63) is 0 Å². The molecular weight excluding hydrogens is 194 g/mol. The van der Waals surface area contributed by atoms with E-state index >= 15 is 0 Å². The lowest BCUT2D eigenvalue weighted by atomic mass is 9.93. The van der Waals surface area contributed by atoms with Gasteiger partial charge >= 0.3 is 0 Å². The standard InChI is InChI=1S/C10H23NO2Si/c1-10(2,3)14(4,5)13-9-6-8(7-9)12-11/h8-9H,6-7,11H2,1-5H3. The van der Waals surface area contributed by atoms with E-state index in [1.165, 1.54) is 0 Å². The summed E-state index contributed by atoms with van der Waals surface area (Å²) in [6, 6.07) is 0. The van der Waals surface area contributed by atoms with Crippen LogP contribution >= 0.6 is 0 Å². The molecule has 0 aromatic heterocycles. The molecule has 14 heavy (non-hydrogen) atoms. The molecule has 0 saturated heterocycles. The normalized spacial score (nSPS) is 28.7. The quantitative estimate of drug-likeness (QED) is 0.583. The first-order valence-corrected chi connectivity index (χ1v) is 8.20. The first-order chi connectivity index (χ1) is 6.26. The smallest absolute Gasteiger partial charge is 0.192 e. The molecule has 0 spiro atoms. The third-order valence-corrected chi connectivity index (χ3v) is 8.05. The highest BCUT2D eigenvalue weighted by Crippen LogP contribution is 2.40. The molecule has 1 aliphatic rings. The van der Waals surface area contributed by atoms with Crippen LogP contribution in [0.1, 0.15) is 33.6 Å². The summed E-state index contributed by atoms with van der Waals surface area (Å²) in [6.45, 7) is 11.3. The van der Waals surface area contributed by atoms with Crippen molar-refractivity contribution < 1.29 is 9.26 Å². The van der Waals surface area contributed by atoms with Crippen LogP contribution in [0.4, 0.5) is 0 Å². The largest absolute Gasteiger partial charge is 0.414 e. The first-order valence-electron chi connectivity index (χ1n) is 5.29. The van der Waals surface area contributed by atoms with Gasteiger partial charge in [-0.3, -0.25) is 0 Å². The summed E-state index contributed by atoms with van der Waals surface area (Å²) in [5.74, 6) is 5.10. The average molecular weight is 217 g/mol. The Bertz CT molecular complexity index is 195. The van der Waals surface area contributed by atoms with Crippen LogP contribution in [-0.2, 0) is 9.26 Å². The molecule has 0 unspecified atom stereocenters. The Morgan fingerprint density at radius 1 is 1.14 bits per heavy atom. The van der Waals surface area contributed by atoms with E-state index in [0.29, 0.717) is 11.1 Å². The second-order valence-corrected chi connectivity index (χ2v) is 10.5. The zero-order valence-corrected chi connectivity index (χ0v) is 11.0. The van der Waals surface area contributed by atoms with Gasteiger partial charge in [-0.25, -0.2) is 5.90 Å². The molecule has 3 nitrogen and oxygen atoms in total. The van der Waals surface area contributed by atoms with Crippen molar-refractivity contribution >= 4 is 8.32 Å². The van der Waals surface area contributed by atoms with Gasteiger partial charge in [0, 0.05) is 12.8 Å². The van der Waals surface area contributed by atoms with Crippen LogP contribution in [0, 0.1) is 0 Å². The topological polar surface area (TPSA) is 44.5 Å². The van der Waals surface area contributed by atoms with Gasteiger partial charge in [-0.1, -0.05) is 20.8 Å². The SMILES string of the molecule is CC(C)(C)[Si](C)(C)OC1CC(ON)C1. The van der Waals surface area contributed by atoms with Crippen LogP contribution in [0.2, 0.25) is 18.1 Å². The molecule has 1 saturated carbocycles. The van der Waals surface area contributed by atoms with E-state index < -0.39 is 8.32 Å². The average Bonchev–Trinajstić information content (AvgIpc) is 1.93. The summed E-state index contributed by atoms with van der Waals surface area (Å²) < 4.78 is 6.17. The molecule has 0 heterocycles. The number of hydrogen-bond donors (Lipinski definition) is 1. The fraction of sp³-hybridized carbons (Fsp3) is 1.00. The summed E-state index contributed by atoms with van der Waals surface area (Å²) in [5.41, 5.74) is 0. The van der Waals surface area contributed by atoms with Crippen LogP contribution in [-0.4, -0.2) is 20.5 Å². The van der Waals surface area contributed by atoms with Gasteiger partial charge in [-0.05, 0) is 18.1 Å². The lowest BCUT2D eigenvalue weighted by molar-refractivity contribution is -0.0669. The van der Waals surface area contributed by atoms with E-state index in [4.69, 9.17) is 15.2 Å². The Morgan fingerprint density at radius 2 is 1.64 bits per heavy atom. The zero-order valence-electron chi connectivity index (χ0n) is 9.96. The molecule has 1 fully saturated rings. The van der Waals surface area contributed by atoms with Crippen LogP contribution in [0.25, 0.3) is 0 Å². The van der Waals surface area contributed by atoms with Gasteiger partial charge in [0.15, 0.2) is 8.32 Å². The van der Waals surface area contributed by atoms with Crippen molar-refractivity contribution in [1.29, 1.82) is 0 Å². The lowest BCUT2D eigenvalue weighted by Gasteiger charge is -2.44. The monoisotopic (exact) mass is 217 g/mol. The maximum atomic E-state index is 6.17. The van der Waals surface area contributed by atoms with Gasteiger partial charge in [0.1, 0.15) is 0 Å². The highest BCUT2D eigenvalue weighted by atomic mass is 28.4. The zero-order chi connectivity index (χ0) is 11.0. The Balaban J connectivity index is 2.38. The molecule has 0 aromatic rings. The maximum Gasteiger partial charge on any atom is 0.192 e. The highest BCUT2D eigenvalue weighted by Gasteiger charge is 2.42. The van der Waals surface area contributed by atoms with Gasteiger partial charge in [-0.15, -0.1) is 0 Å². The minimum atomic E-state index is -1.58. The van der Waals surface area contributed by atoms with Gasteiger partial charge in [0.25, 0.3) is 0 Å². The third kappa shape index (κ3) is 2.57. The molecule has 84 valence electrons. The van der Waals surface area contributed by atoms with Crippen LogP contribution < -0.4 is 5.90 Å². The summed E-state index contributed by atoms with van der Waals surface area (Å²) in [4.78, 5) is 4.75. The Kier molecular flexibility index (Phi) is 3.41. The highest BCUT2D eigenvalue weighted by molar-refractivity contribution is 6.74. The fourth-order valence-corrected chi connectivity index (χ4v) is 2.70. The number of hydrogen-bond acceptors (Lipinski definition) is 3. The minimum Gasteiger partial charge on any atom is -0.414 e. The third-order valence-electron chi connectivity index (χ3n) is 3.51. The van der Waals surface area contributed by atoms with E-state index in [2.05, 4.69) is 33.9 Å². The summed E-state index contributed by atoms with van der Waals surface area (Å²) >= 11 is 0. The van der Waals surface area contributed by atoms with E-state index in [1.54, 1.807) is 0 Å². The van der Waals surface area contributed by atoms with Crippen molar-refractivity contribution in [2.75, 3.05) is 0 Å². The second-order valence-electron chi connectivity index (χ2n) is 5.73. The van der Waals surface area contributed by atoms with Crippen molar-refractivity contribution in [2.45, 2.75) is 64.0 Å². The van der Waals surface area contributed by atoms with Crippen molar-refractivity contribution in [3.8, 4) is 0 Å². The summed E-state index contributed by atoms with van der Waals surface area (Å²) in [6.07, 6.45) is 2.53. The molecule has 0 amide bonds. The lowest BCUT2D eigenvalue weighted by Crippen LogP contribution is -2.49. The van der Waals surface area contributed by atoms with Crippen molar-refractivity contribution in [1.82, 2.24) is 0 Å². The van der Waals surface area contributed by atoms with Gasteiger partial charge in [-0.2, -0.15) is 0 Å². The van der Waals surface area contributed by atoms with Crippen molar-refractivity contribution in [3.63, 3.8) is 0 Å². The molecule has 1 rings (SSSR count). The van der Waals surface area contributed by atoms with Crippen LogP contribution in [0.15, 0.2) is 0 Å². The molecule has 1 aliphatic carbocycles. The number of rotatable bonds is 3. The van der Waals surface area contributed by atoms with Crippen LogP contribution in [0.3, 0.4) is 0 Å². The predicted octanol–water partition coefficient (Wildman–Crippen LogP) is 2.43. The van der Waals surface area contributed by atoms with Crippen LogP contribution in [0.5, 0.6) is 0 Å². The molecule has 0 radical (unpaired) electrons. The summed E-state index contributed by atoms with van der Waals surface area (Å²) in [7, 11) is -1.58. The Hall–Kier alpha value is 0.0969. The second kappa shape index (κ2) is 3.93. The molecular formula is C10H23NO2Si. The molecule has 0 aliphatic heterocycles. The van der Waals surface area contributed by atoms with E-state index in [9.17, 15) is 0 Å². The molecule has 0 bridgehead atoms. The Morgan fingerprint density at radius 3 is 2.00 bits per heavy atom. The van der Waals surface area contributed by atoms with Gasteiger partial charge < -0.3 is 9.26 Å². The van der Waals surface area contributed by atoms with Crippen molar-refractivity contribution in [2.24, 2.45) is 5.90 Å². The predicted molar refractivity (Wildman–Crippen MR) is 60.4 cm³/mol. The molecule has 4 heteroatoms. The maximum absolute atomic E-state index is 6.17. The van der Waals surface area contributed by atoms with E-state index in [1.807, 2.05) is 0 Å². The molecule has 0 atom stereocenters. The molecule has 2 N–H and O–H groups in total. The fourth-order valence-electron chi connectivity index (χ4n) is 1.32.